The lowest BCUT2D eigenvalue weighted by Gasteiger charge is -2.26. The van der Waals surface area contributed by atoms with Crippen molar-refractivity contribution in [1.29, 1.82) is 0 Å². The highest BCUT2D eigenvalue weighted by Gasteiger charge is 2.32. The zero-order chi connectivity index (χ0) is 27.2. The van der Waals surface area contributed by atoms with E-state index in [1.165, 1.54) is 49.5 Å². The quantitative estimate of drug-likeness (QED) is 0.340. The number of alkyl halides is 6. The number of aromatic nitrogens is 1. The Bertz CT molecular complexity index is 1160. The van der Waals surface area contributed by atoms with E-state index in [-0.39, 0.29) is 12.8 Å². The number of likely N-dealkylation sites (N-methyl/N-ethyl adjacent to an activating group) is 1. The maximum Gasteiger partial charge on any atom is 0.573 e. The first-order chi connectivity index (χ1) is 17.4. The minimum absolute atomic E-state index is 0.230. The summed E-state index contributed by atoms with van der Waals surface area (Å²) in [4.78, 5) is 16.1. The molecular formula is C25H22F7N3O2. The molecule has 0 aliphatic carbocycles. The summed E-state index contributed by atoms with van der Waals surface area (Å²) in [6, 6.07) is 10.7. The Morgan fingerprint density at radius 2 is 1.54 bits per heavy atom. The molecule has 2 atom stereocenters. The predicted molar refractivity (Wildman–Crippen MR) is 120 cm³/mol. The molecule has 198 valence electrons. The third kappa shape index (κ3) is 8.17. The van der Waals surface area contributed by atoms with E-state index in [4.69, 9.17) is 0 Å². The Balaban J connectivity index is 1.88. The van der Waals surface area contributed by atoms with Crippen LogP contribution in [0.2, 0.25) is 0 Å². The summed E-state index contributed by atoms with van der Waals surface area (Å²) in [6.45, 7) is 0. The van der Waals surface area contributed by atoms with E-state index < -0.39 is 47.8 Å². The second-order valence-electron chi connectivity index (χ2n) is 8.02. The Kier molecular flexibility index (Phi) is 8.74. The van der Waals surface area contributed by atoms with Gasteiger partial charge in [-0.15, -0.1) is 13.2 Å². The van der Waals surface area contributed by atoms with E-state index in [1.54, 1.807) is 0 Å². The molecule has 5 nitrogen and oxygen atoms in total. The fourth-order valence-electron chi connectivity index (χ4n) is 3.62. The molecule has 0 bridgehead atoms. The molecule has 37 heavy (non-hydrogen) atoms. The molecular weight excluding hydrogens is 507 g/mol. The van der Waals surface area contributed by atoms with Gasteiger partial charge in [-0.1, -0.05) is 30.3 Å². The first kappa shape index (κ1) is 27.9. The highest BCUT2D eigenvalue weighted by Crippen LogP contribution is 2.30. The SMILES string of the molecule is CNC(=O)[C@H](N[C@@H](CCc1ccc(C(F)(F)F)nc1)c1ccc(OC(F)(F)F)cc1)c1ccc(F)cc1. The van der Waals surface area contributed by atoms with Crippen molar-refractivity contribution in [2.75, 3.05) is 7.05 Å². The molecule has 3 aromatic rings. The van der Waals surface area contributed by atoms with Crippen LogP contribution < -0.4 is 15.4 Å². The van der Waals surface area contributed by atoms with Gasteiger partial charge in [0.2, 0.25) is 5.91 Å². The van der Waals surface area contributed by atoms with E-state index in [0.717, 1.165) is 24.4 Å². The van der Waals surface area contributed by atoms with Crippen LogP contribution in [0, 0.1) is 5.82 Å². The zero-order valence-corrected chi connectivity index (χ0v) is 19.3. The third-order valence-corrected chi connectivity index (χ3v) is 5.43. The summed E-state index contributed by atoms with van der Waals surface area (Å²) in [6.07, 6.45) is -7.90. The van der Waals surface area contributed by atoms with Gasteiger partial charge in [0, 0.05) is 19.3 Å². The average molecular weight is 529 g/mol. The summed E-state index contributed by atoms with van der Waals surface area (Å²) in [5.41, 5.74) is 0.363. The summed E-state index contributed by atoms with van der Waals surface area (Å²) in [5.74, 6) is -1.40. The van der Waals surface area contributed by atoms with Crippen molar-refractivity contribution in [2.24, 2.45) is 0 Å². The Hall–Kier alpha value is -3.67. The molecule has 3 rings (SSSR count). The highest BCUT2D eigenvalue weighted by atomic mass is 19.4. The number of ether oxygens (including phenoxy) is 1. The molecule has 0 aliphatic heterocycles. The van der Waals surface area contributed by atoms with Crippen molar-refractivity contribution in [2.45, 2.75) is 37.5 Å². The molecule has 0 saturated heterocycles. The number of nitrogens with zero attached hydrogens (tertiary/aromatic N) is 1. The van der Waals surface area contributed by atoms with Gasteiger partial charge in [0.25, 0.3) is 0 Å². The van der Waals surface area contributed by atoms with Crippen molar-refractivity contribution >= 4 is 5.91 Å². The van der Waals surface area contributed by atoms with Crippen LogP contribution in [0.5, 0.6) is 5.75 Å². The predicted octanol–water partition coefficient (Wildman–Crippen LogP) is 5.89. The van der Waals surface area contributed by atoms with Crippen LogP contribution >= 0.6 is 0 Å². The fourth-order valence-corrected chi connectivity index (χ4v) is 3.62. The Morgan fingerprint density at radius 1 is 0.919 bits per heavy atom. The second kappa shape index (κ2) is 11.6. The van der Waals surface area contributed by atoms with Gasteiger partial charge < -0.3 is 10.1 Å². The van der Waals surface area contributed by atoms with Crippen LogP contribution in [-0.4, -0.2) is 24.3 Å². The van der Waals surface area contributed by atoms with Crippen LogP contribution in [0.1, 0.15) is 40.9 Å². The number of nitrogens with one attached hydrogen (secondary N) is 2. The zero-order valence-electron chi connectivity index (χ0n) is 19.3. The molecule has 0 fully saturated rings. The largest absolute Gasteiger partial charge is 0.573 e. The smallest absolute Gasteiger partial charge is 0.406 e. The third-order valence-electron chi connectivity index (χ3n) is 5.43. The molecule has 1 amide bonds. The topological polar surface area (TPSA) is 63.2 Å². The van der Waals surface area contributed by atoms with Gasteiger partial charge in [0.1, 0.15) is 23.3 Å². The molecule has 0 saturated carbocycles. The number of rotatable bonds is 9. The number of benzene rings is 2. The summed E-state index contributed by atoms with van der Waals surface area (Å²) in [7, 11) is 1.41. The number of aryl methyl sites for hydroxylation is 1. The van der Waals surface area contributed by atoms with Crippen molar-refractivity contribution in [1.82, 2.24) is 15.6 Å². The van der Waals surface area contributed by atoms with E-state index >= 15 is 0 Å². The van der Waals surface area contributed by atoms with Crippen LogP contribution in [0.15, 0.2) is 66.9 Å². The minimum atomic E-state index is -4.87. The first-order valence-corrected chi connectivity index (χ1v) is 11.0. The van der Waals surface area contributed by atoms with Gasteiger partial charge in [-0.3, -0.25) is 15.1 Å². The molecule has 2 N–H and O–H groups in total. The number of hydrogen-bond donors (Lipinski definition) is 2. The van der Waals surface area contributed by atoms with Gasteiger partial charge in [0.05, 0.1) is 0 Å². The second-order valence-corrected chi connectivity index (χ2v) is 8.02. The lowest BCUT2D eigenvalue weighted by atomic mass is 9.96. The standard InChI is InChI=1S/C25H22F7N3O2/c1-33-23(36)22(17-4-8-18(26)9-5-17)35-20(16-6-10-19(11-7-16)37-25(30,31)32)12-2-15-3-13-21(34-14-15)24(27,28)29/h3-11,13-14,20,22,35H,2,12H2,1H3,(H,33,36)/t20-,22+/m0/s1. The maximum absolute atomic E-state index is 13.4. The lowest BCUT2D eigenvalue weighted by molar-refractivity contribution is -0.274. The molecule has 12 heteroatoms. The van der Waals surface area contributed by atoms with Crippen molar-refractivity contribution in [3.63, 3.8) is 0 Å². The molecule has 0 spiro atoms. The van der Waals surface area contributed by atoms with Gasteiger partial charge in [0.15, 0.2) is 0 Å². The number of hydrogen-bond acceptors (Lipinski definition) is 4. The van der Waals surface area contributed by atoms with Crippen molar-refractivity contribution in [3.8, 4) is 5.75 Å². The summed E-state index contributed by atoms with van der Waals surface area (Å²) in [5, 5.41) is 5.64. The summed E-state index contributed by atoms with van der Waals surface area (Å²) < 4.78 is 93.4. The van der Waals surface area contributed by atoms with E-state index in [9.17, 15) is 35.5 Å². The fraction of sp³-hybridized carbons (Fsp3) is 0.280. The molecule has 0 radical (unpaired) electrons. The molecule has 2 aromatic carbocycles. The molecule has 0 unspecified atom stereocenters. The normalized spacial score (nSPS) is 13.6. The van der Waals surface area contributed by atoms with Crippen LogP contribution in [0.4, 0.5) is 30.7 Å². The number of carbonyl (C=O) groups excluding carboxylic acids is 1. The van der Waals surface area contributed by atoms with Crippen LogP contribution in [-0.2, 0) is 17.4 Å². The maximum atomic E-state index is 13.4. The first-order valence-electron chi connectivity index (χ1n) is 11.0. The van der Waals surface area contributed by atoms with E-state index in [2.05, 4.69) is 20.4 Å². The number of amides is 1. The Labute approximate surface area is 207 Å². The van der Waals surface area contributed by atoms with Crippen LogP contribution in [0.25, 0.3) is 0 Å². The molecule has 1 aromatic heterocycles. The van der Waals surface area contributed by atoms with E-state index in [1.807, 2.05) is 0 Å². The summed E-state index contributed by atoms with van der Waals surface area (Å²) >= 11 is 0. The Morgan fingerprint density at radius 3 is 2.05 bits per heavy atom. The van der Waals surface area contributed by atoms with Crippen LogP contribution in [0.3, 0.4) is 0 Å². The molecule has 0 aliphatic rings. The van der Waals surface area contributed by atoms with Crippen molar-refractivity contribution < 1.29 is 40.3 Å². The monoisotopic (exact) mass is 529 g/mol. The molecule has 1 heterocycles. The number of halogens is 7. The van der Waals surface area contributed by atoms with E-state index in [0.29, 0.717) is 16.7 Å². The van der Waals surface area contributed by atoms with Gasteiger partial charge in [-0.2, -0.15) is 13.2 Å². The minimum Gasteiger partial charge on any atom is -0.406 e. The van der Waals surface area contributed by atoms with Gasteiger partial charge in [-0.25, -0.2) is 4.39 Å². The average Bonchev–Trinajstić information content (AvgIpc) is 2.84. The van der Waals surface area contributed by atoms with Crippen molar-refractivity contribution in [3.05, 3.63) is 95.1 Å². The number of pyridine rings is 1. The number of carbonyl (C=O) groups is 1. The van der Waals surface area contributed by atoms with Gasteiger partial charge in [-0.05, 0) is 59.9 Å². The highest BCUT2D eigenvalue weighted by molar-refractivity contribution is 5.83. The van der Waals surface area contributed by atoms with Gasteiger partial charge >= 0.3 is 12.5 Å². The lowest BCUT2D eigenvalue weighted by Crippen LogP contribution is -2.38.